The van der Waals surface area contributed by atoms with Crippen molar-refractivity contribution in [2.24, 2.45) is 0 Å². The van der Waals surface area contributed by atoms with Gasteiger partial charge in [0.2, 0.25) is 0 Å². The molecule has 1 aromatic rings. The van der Waals surface area contributed by atoms with Gasteiger partial charge in [0, 0.05) is 12.1 Å². The molecule has 15 heavy (non-hydrogen) atoms. The molecular weight excluding hydrogens is 225 g/mol. The number of halogens is 2. The maximum atomic E-state index is 13.4. The van der Waals surface area contributed by atoms with E-state index in [-0.39, 0.29) is 23.1 Å². The van der Waals surface area contributed by atoms with Gasteiger partial charge < -0.3 is 14.7 Å². The van der Waals surface area contributed by atoms with E-state index in [4.69, 9.17) is 26.3 Å². The molecule has 0 saturated heterocycles. The maximum absolute atomic E-state index is 13.4. The fourth-order valence-electron chi connectivity index (χ4n) is 1.26. The van der Waals surface area contributed by atoms with Gasteiger partial charge in [-0.1, -0.05) is 11.6 Å². The highest BCUT2D eigenvalue weighted by atomic mass is 35.5. The Kier molecular flexibility index (Phi) is 4.14. The van der Waals surface area contributed by atoms with Crippen LogP contribution in [0.5, 0.6) is 11.5 Å². The van der Waals surface area contributed by atoms with Crippen LogP contribution in [0, 0.1) is 5.82 Å². The average molecular weight is 236 g/mol. The Morgan fingerprint density at radius 3 is 2.47 bits per heavy atom. The summed E-state index contributed by atoms with van der Waals surface area (Å²) in [5.41, 5.74) is 2.44. The van der Waals surface area contributed by atoms with Crippen molar-refractivity contribution in [2.75, 3.05) is 14.2 Å². The van der Waals surface area contributed by atoms with E-state index in [0.717, 1.165) is 0 Å². The van der Waals surface area contributed by atoms with Gasteiger partial charge in [-0.3, -0.25) is 0 Å². The molecule has 84 valence electrons. The largest absolute Gasteiger partial charge is 0.492 e. The first-order valence-electron chi connectivity index (χ1n) is 4.11. The SMILES string of the molecule is COc1c(CNO)cc(Cl)c(F)c1OC. The highest BCUT2D eigenvalue weighted by molar-refractivity contribution is 6.31. The molecule has 0 spiro atoms. The van der Waals surface area contributed by atoms with Crippen molar-refractivity contribution in [3.05, 3.63) is 22.5 Å². The van der Waals surface area contributed by atoms with Gasteiger partial charge in [-0.2, -0.15) is 0 Å². The van der Waals surface area contributed by atoms with E-state index >= 15 is 0 Å². The summed E-state index contributed by atoms with van der Waals surface area (Å²) in [5.74, 6) is -0.547. The molecule has 2 N–H and O–H groups in total. The van der Waals surface area contributed by atoms with E-state index in [1.165, 1.54) is 20.3 Å². The second-order valence-electron chi connectivity index (χ2n) is 2.73. The Balaban J connectivity index is 3.33. The van der Waals surface area contributed by atoms with Crippen molar-refractivity contribution in [1.82, 2.24) is 5.48 Å². The summed E-state index contributed by atoms with van der Waals surface area (Å²) in [4.78, 5) is 0. The third-order valence-electron chi connectivity index (χ3n) is 1.89. The van der Waals surface area contributed by atoms with E-state index in [1.54, 1.807) is 0 Å². The quantitative estimate of drug-likeness (QED) is 0.784. The molecular formula is C9H11ClFNO3. The summed E-state index contributed by atoms with van der Waals surface area (Å²) in [6.45, 7) is 0.0829. The lowest BCUT2D eigenvalue weighted by Gasteiger charge is -2.13. The predicted octanol–water partition coefficient (Wildman–Crippen LogP) is 1.98. The smallest absolute Gasteiger partial charge is 0.198 e. The Hall–Kier alpha value is -1.04. The molecule has 0 atom stereocenters. The molecule has 0 radical (unpaired) electrons. The van der Waals surface area contributed by atoms with E-state index < -0.39 is 5.82 Å². The van der Waals surface area contributed by atoms with Gasteiger partial charge >= 0.3 is 0 Å². The number of hydrogen-bond donors (Lipinski definition) is 2. The van der Waals surface area contributed by atoms with Crippen molar-refractivity contribution in [1.29, 1.82) is 0 Å². The van der Waals surface area contributed by atoms with Gasteiger partial charge in [0.1, 0.15) is 0 Å². The molecule has 1 aromatic carbocycles. The highest BCUT2D eigenvalue weighted by Gasteiger charge is 2.18. The lowest BCUT2D eigenvalue weighted by molar-refractivity contribution is 0.160. The van der Waals surface area contributed by atoms with Gasteiger partial charge in [0.05, 0.1) is 19.2 Å². The first-order valence-corrected chi connectivity index (χ1v) is 4.49. The molecule has 0 saturated carbocycles. The third-order valence-corrected chi connectivity index (χ3v) is 2.16. The molecule has 4 nitrogen and oxygen atoms in total. The van der Waals surface area contributed by atoms with Crippen LogP contribution in [0.3, 0.4) is 0 Å². The Labute approximate surface area is 91.5 Å². The molecule has 0 aromatic heterocycles. The summed E-state index contributed by atoms with van der Waals surface area (Å²) in [6.07, 6.45) is 0. The van der Waals surface area contributed by atoms with Crippen LogP contribution >= 0.6 is 11.6 Å². The van der Waals surface area contributed by atoms with Crippen molar-refractivity contribution in [3.63, 3.8) is 0 Å². The van der Waals surface area contributed by atoms with Gasteiger partial charge in [-0.05, 0) is 6.07 Å². The molecule has 0 amide bonds. The first-order chi connectivity index (χ1) is 7.15. The second kappa shape index (κ2) is 5.16. The molecule has 0 aliphatic heterocycles. The van der Waals surface area contributed by atoms with Crippen LogP contribution in [-0.2, 0) is 6.54 Å². The van der Waals surface area contributed by atoms with Crippen molar-refractivity contribution < 1.29 is 19.1 Å². The number of benzene rings is 1. The normalized spacial score (nSPS) is 10.2. The molecule has 1 rings (SSSR count). The third kappa shape index (κ3) is 2.31. The van der Waals surface area contributed by atoms with Crippen molar-refractivity contribution in [2.45, 2.75) is 6.54 Å². The Morgan fingerprint density at radius 1 is 1.40 bits per heavy atom. The minimum Gasteiger partial charge on any atom is -0.492 e. The molecule has 0 aliphatic carbocycles. The van der Waals surface area contributed by atoms with Crippen molar-refractivity contribution in [3.8, 4) is 11.5 Å². The molecule has 0 aliphatic rings. The van der Waals surface area contributed by atoms with Crippen LogP contribution < -0.4 is 15.0 Å². The number of hydrogen-bond acceptors (Lipinski definition) is 4. The minimum atomic E-state index is -0.683. The topological polar surface area (TPSA) is 50.7 Å². The van der Waals surface area contributed by atoms with E-state index in [9.17, 15) is 4.39 Å². The summed E-state index contributed by atoms with van der Waals surface area (Å²) in [5, 5.41) is 8.49. The summed E-state index contributed by atoms with van der Waals surface area (Å²) in [7, 11) is 2.69. The Bertz CT molecular complexity index is 360. The fraction of sp³-hybridized carbons (Fsp3) is 0.333. The van der Waals surface area contributed by atoms with Crippen LogP contribution in [0.4, 0.5) is 4.39 Å². The number of rotatable bonds is 4. The van der Waals surface area contributed by atoms with Gasteiger partial charge in [-0.25, -0.2) is 9.87 Å². The standard InChI is InChI=1S/C9H11ClFNO3/c1-14-8-5(4-12-13)3-6(10)7(11)9(8)15-2/h3,12-13H,4H2,1-2H3. The van der Waals surface area contributed by atoms with Gasteiger partial charge in [0.25, 0.3) is 0 Å². The number of hydroxylamine groups is 1. The summed E-state index contributed by atoms with van der Waals surface area (Å²) < 4.78 is 23.3. The monoisotopic (exact) mass is 235 g/mol. The van der Waals surface area contributed by atoms with Crippen LogP contribution in [0.15, 0.2) is 6.07 Å². The zero-order valence-electron chi connectivity index (χ0n) is 8.30. The minimum absolute atomic E-state index is 0.0738. The molecule has 0 heterocycles. The fourth-order valence-corrected chi connectivity index (χ4v) is 1.48. The molecule has 0 unspecified atom stereocenters. The van der Waals surface area contributed by atoms with Crippen LogP contribution in [0.1, 0.15) is 5.56 Å². The summed E-state index contributed by atoms with van der Waals surface area (Å²) in [6, 6.07) is 1.36. The van der Waals surface area contributed by atoms with E-state index in [0.29, 0.717) is 5.56 Å². The van der Waals surface area contributed by atoms with Crippen LogP contribution in [0.2, 0.25) is 5.02 Å². The highest BCUT2D eigenvalue weighted by Crippen LogP contribution is 2.37. The number of nitrogens with one attached hydrogen (secondary N) is 1. The lowest BCUT2D eigenvalue weighted by Crippen LogP contribution is -2.09. The zero-order valence-corrected chi connectivity index (χ0v) is 9.06. The lowest BCUT2D eigenvalue weighted by atomic mass is 10.1. The molecule has 0 fully saturated rings. The second-order valence-corrected chi connectivity index (χ2v) is 3.14. The predicted molar refractivity (Wildman–Crippen MR) is 53.1 cm³/mol. The van der Waals surface area contributed by atoms with Crippen LogP contribution in [0.25, 0.3) is 0 Å². The van der Waals surface area contributed by atoms with E-state index in [1.807, 2.05) is 5.48 Å². The number of methoxy groups -OCH3 is 2. The molecule has 0 bridgehead atoms. The van der Waals surface area contributed by atoms with E-state index in [2.05, 4.69) is 0 Å². The summed E-state index contributed by atoms with van der Waals surface area (Å²) >= 11 is 5.64. The van der Waals surface area contributed by atoms with Crippen LogP contribution in [-0.4, -0.2) is 19.4 Å². The van der Waals surface area contributed by atoms with Gasteiger partial charge in [-0.15, -0.1) is 0 Å². The number of ether oxygens (including phenoxy) is 2. The van der Waals surface area contributed by atoms with Gasteiger partial charge in [0.15, 0.2) is 17.3 Å². The molecule has 6 heteroatoms. The average Bonchev–Trinajstić information content (AvgIpc) is 2.23. The van der Waals surface area contributed by atoms with Crippen molar-refractivity contribution >= 4 is 11.6 Å². The Morgan fingerprint density at radius 2 is 2.00 bits per heavy atom. The maximum Gasteiger partial charge on any atom is 0.198 e. The zero-order chi connectivity index (χ0) is 11.4. The first kappa shape index (κ1) is 12.0.